The van der Waals surface area contributed by atoms with Gasteiger partial charge in [0.15, 0.2) is 0 Å². The molecule has 0 unspecified atom stereocenters. The van der Waals surface area contributed by atoms with Crippen molar-refractivity contribution in [2.45, 2.75) is 31.9 Å². The highest BCUT2D eigenvalue weighted by Crippen LogP contribution is 2.33. The Kier molecular flexibility index (Phi) is 5.11. The molecule has 4 nitrogen and oxygen atoms in total. The zero-order valence-electron chi connectivity index (χ0n) is 13.7. The number of benzene rings is 1. The Balaban J connectivity index is 1.62. The molecule has 1 aromatic heterocycles. The van der Waals surface area contributed by atoms with Crippen molar-refractivity contribution in [1.29, 1.82) is 0 Å². The van der Waals surface area contributed by atoms with Crippen LogP contribution in [-0.4, -0.2) is 34.1 Å². The van der Waals surface area contributed by atoms with Crippen LogP contribution >= 0.6 is 0 Å². The van der Waals surface area contributed by atoms with Crippen LogP contribution in [0.25, 0.3) is 0 Å². The Bertz CT molecular complexity index is 713. The first kappa shape index (κ1) is 17.5. The Hall–Kier alpha value is -2.31. The molecule has 1 N–H and O–H groups in total. The Morgan fingerprint density at radius 3 is 2.80 bits per heavy atom. The van der Waals surface area contributed by atoms with Gasteiger partial charge in [-0.1, -0.05) is 18.2 Å². The average Bonchev–Trinajstić information content (AvgIpc) is 3.13. The van der Waals surface area contributed by atoms with E-state index in [1.807, 2.05) is 0 Å². The van der Waals surface area contributed by atoms with Gasteiger partial charge >= 0.3 is 6.18 Å². The van der Waals surface area contributed by atoms with Gasteiger partial charge in [0.1, 0.15) is 5.69 Å². The predicted octanol–water partition coefficient (Wildman–Crippen LogP) is 3.91. The quantitative estimate of drug-likeness (QED) is 0.908. The second kappa shape index (κ2) is 7.29. The molecule has 0 spiro atoms. The van der Waals surface area contributed by atoms with Crippen LogP contribution in [-0.2, 0) is 12.6 Å². The third-order valence-corrected chi connectivity index (χ3v) is 4.68. The Morgan fingerprint density at radius 2 is 2.08 bits per heavy atom. The van der Waals surface area contributed by atoms with Crippen molar-refractivity contribution < 1.29 is 18.0 Å². The van der Waals surface area contributed by atoms with E-state index < -0.39 is 11.7 Å². The molecule has 2 heterocycles. The van der Waals surface area contributed by atoms with Gasteiger partial charge < -0.3 is 4.90 Å². The van der Waals surface area contributed by atoms with E-state index in [-0.39, 0.29) is 11.8 Å². The molecule has 7 heteroatoms. The van der Waals surface area contributed by atoms with Gasteiger partial charge in [0, 0.05) is 19.3 Å². The first-order valence-electron chi connectivity index (χ1n) is 8.39. The number of carbonyl (C=O) groups is 1. The van der Waals surface area contributed by atoms with Gasteiger partial charge in [0.2, 0.25) is 0 Å². The van der Waals surface area contributed by atoms with E-state index in [4.69, 9.17) is 0 Å². The van der Waals surface area contributed by atoms with Crippen LogP contribution in [0.15, 0.2) is 36.5 Å². The van der Waals surface area contributed by atoms with E-state index in [0.717, 1.165) is 18.9 Å². The number of aromatic amines is 1. The summed E-state index contributed by atoms with van der Waals surface area (Å²) < 4.78 is 39.2. The smallest absolute Gasteiger partial charge is 0.337 e. The number of halogens is 3. The lowest BCUT2D eigenvalue weighted by Crippen LogP contribution is -2.40. The molecule has 1 aliphatic heterocycles. The van der Waals surface area contributed by atoms with E-state index in [1.54, 1.807) is 23.1 Å². The maximum Gasteiger partial charge on any atom is 0.416 e. The highest BCUT2D eigenvalue weighted by molar-refractivity contribution is 5.92. The molecule has 1 aromatic carbocycles. The molecule has 1 amide bonds. The monoisotopic (exact) mass is 351 g/mol. The van der Waals surface area contributed by atoms with Crippen molar-refractivity contribution in [3.05, 3.63) is 53.3 Å². The highest BCUT2D eigenvalue weighted by atomic mass is 19.4. The van der Waals surface area contributed by atoms with Gasteiger partial charge in [-0.15, -0.1) is 0 Å². The normalized spacial score (nSPS) is 18.4. The van der Waals surface area contributed by atoms with E-state index in [9.17, 15) is 18.0 Å². The number of piperidine rings is 1. The molecule has 1 atom stereocenters. The molecule has 1 fully saturated rings. The molecule has 2 aromatic rings. The minimum absolute atomic E-state index is 0.0992. The summed E-state index contributed by atoms with van der Waals surface area (Å²) >= 11 is 0. The van der Waals surface area contributed by atoms with E-state index in [1.165, 1.54) is 12.3 Å². The number of rotatable bonds is 4. The first-order chi connectivity index (χ1) is 11.9. The summed E-state index contributed by atoms with van der Waals surface area (Å²) in [6.45, 7) is 1.25. The lowest BCUT2D eigenvalue weighted by atomic mass is 9.90. The SMILES string of the molecule is O=C(c1ccn[nH]1)N1CCC[C@H](CCc2ccccc2C(F)(F)F)C1. The minimum atomic E-state index is -4.33. The van der Waals surface area contributed by atoms with Gasteiger partial charge in [-0.25, -0.2) is 0 Å². The van der Waals surface area contributed by atoms with Crippen molar-refractivity contribution in [2.75, 3.05) is 13.1 Å². The maximum atomic E-state index is 13.1. The molecule has 0 radical (unpaired) electrons. The van der Waals surface area contributed by atoms with Crippen molar-refractivity contribution in [3.8, 4) is 0 Å². The molecule has 25 heavy (non-hydrogen) atoms. The number of nitrogens with one attached hydrogen (secondary N) is 1. The van der Waals surface area contributed by atoms with Crippen molar-refractivity contribution in [1.82, 2.24) is 15.1 Å². The molecule has 0 saturated carbocycles. The fourth-order valence-electron chi connectivity index (χ4n) is 3.40. The van der Waals surface area contributed by atoms with Crippen molar-refractivity contribution in [3.63, 3.8) is 0 Å². The molecule has 1 aliphatic rings. The average molecular weight is 351 g/mol. The Labute approximate surface area is 144 Å². The number of hydrogen-bond donors (Lipinski definition) is 1. The summed E-state index contributed by atoms with van der Waals surface area (Å²) in [7, 11) is 0. The van der Waals surface area contributed by atoms with Crippen LogP contribution in [0.2, 0.25) is 0 Å². The van der Waals surface area contributed by atoms with Crippen LogP contribution in [0.1, 0.15) is 40.9 Å². The summed E-state index contributed by atoms with van der Waals surface area (Å²) in [6.07, 6.45) is 0.00714. The van der Waals surface area contributed by atoms with Crippen molar-refractivity contribution >= 4 is 5.91 Å². The van der Waals surface area contributed by atoms with E-state index in [0.29, 0.717) is 37.2 Å². The van der Waals surface area contributed by atoms with Crippen molar-refractivity contribution in [2.24, 2.45) is 5.92 Å². The zero-order valence-corrected chi connectivity index (χ0v) is 13.7. The lowest BCUT2D eigenvalue weighted by molar-refractivity contribution is -0.138. The van der Waals surface area contributed by atoms with Gasteiger partial charge in [0.25, 0.3) is 5.91 Å². The Morgan fingerprint density at radius 1 is 1.28 bits per heavy atom. The largest absolute Gasteiger partial charge is 0.416 e. The number of alkyl halides is 3. The molecule has 0 bridgehead atoms. The fourth-order valence-corrected chi connectivity index (χ4v) is 3.40. The molecule has 134 valence electrons. The summed E-state index contributed by atoms with van der Waals surface area (Å²) in [5.41, 5.74) is 0.214. The predicted molar refractivity (Wildman–Crippen MR) is 87.0 cm³/mol. The number of aromatic nitrogens is 2. The third kappa shape index (κ3) is 4.21. The van der Waals surface area contributed by atoms with Crippen LogP contribution < -0.4 is 0 Å². The summed E-state index contributed by atoms with van der Waals surface area (Å²) in [4.78, 5) is 14.1. The van der Waals surface area contributed by atoms with Crippen LogP contribution in [0, 0.1) is 5.92 Å². The number of nitrogens with zero attached hydrogens (tertiary/aromatic N) is 2. The minimum Gasteiger partial charge on any atom is -0.337 e. The van der Waals surface area contributed by atoms with Gasteiger partial charge in [-0.3, -0.25) is 9.89 Å². The standard InChI is InChI=1S/C18H20F3N3O/c19-18(20,21)15-6-2-1-5-14(15)8-7-13-4-3-11-24(12-13)17(25)16-9-10-22-23-16/h1-2,5-6,9-10,13H,3-4,7-8,11-12H2,(H,22,23)/t13-/m1/s1. The lowest BCUT2D eigenvalue weighted by Gasteiger charge is -2.32. The maximum absolute atomic E-state index is 13.1. The molecule has 0 aliphatic carbocycles. The number of H-pyrrole nitrogens is 1. The number of amides is 1. The summed E-state index contributed by atoms with van der Waals surface area (Å²) in [6, 6.07) is 7.35. The molecule has 3 rings (SSSR count). The second-order valence-electron chi connectivity index (χ2n) is 6.42. The topological polar surface area (TPSA) is 49.0 Å². The number of likely N-dealkylation sites (tertiary alicyclic amines) is 1. The van der Waals surface area contributed by atoms with Gasteiger partial charge in [0.05, 0.1) is 5.56 Å². The van der Waals surface area contributed by atoms with Crippen LogP contribution in [0.4, 0.5) is 13.2 Å². The van der Waals surface area contributed by atoms with Gasteiger partial charge in [-0.2, -0.15) is 18.3 Å². The van der Waals surface area contributed by atoms with Crippen LogP contribution in [0.5, 0.6) is 0 Å². The highest BCUT2D eigenvalue weighted by Gasteiger charge is 2.33. The van der Waals surface area contributed by atoms with Gasteiger partial charge in [-0.05, 0) is 49.3 Å². The first-order valence-corrected chi connectivity index (χ1v) is 8.39. The molecule has 1 saturated heterocycles. The second-order valence-corrected chi connectivity index (χ2v) is 6.42. The zero-order chi connectivity index (χ0) is 17.9. The molecular weight excluding hydrogens is 331 g/mol. The van der Waals surface area contributed by atoms with E-state index in [2.05, 4.69) is 10.2 Å². The summed E-state index contributed by atoms with van der Waals surface area (Å²) in [5, 5.41) is 6.45. The summed E-state index contributed by atoms with van der Waals surface area (Å²) in [5.74, 6) is 0.111. The number of aryl methyl sites for hydroxylation is 1. The van der Waals surface area contributed by atoms with Crippen LogP contribution in [0.3, 0.4) is 0 Å². The number of carbonyl (C=O) groups excluding carboxylic acids is 1. The number of hydrogen-bond acceptors (Lipinski definition) is 2. The third-order valence-electron chi connectivity index (χ3n) is 4.68. The fraction of sp³-hybridized carbons (Fsp3) is 0.444. The van der Waals surface area contributed by atoms with E-state index >= 15 is 0 Å². The molecular formula is C18H20F3N3O.